The number of hydrogen-bond acceptors (Lipinski definition) is 31. The SMILES string of the molecule is C=C(NC(=O)c1csc(-c2nc3c(cc2O)-c2nc(cs2)C(=O)N[C@@H]([C@@H](C)O)C(=O)N/C(=C(\C)OC)c2nc(cs2)C(=O)N[C@@H]2c4nc(cs4)C(=O)N[C@@H](COC(=O)c4c5c6c(cccc6n4O)COC(=O)[C@@H](O[C@H]4C[C@](C)(O)[C@H](N(C)C)[C@H](C)O4)[C@H]2OC5)c2nc-3cs2)n1)C(N)=O.O=C(O)C(F)(F)F. The first-order chi connectivity index (χ1) is 49.6. The van der Waals surface area contributed by atoms with Crippen LogP contribution in [0.25, 0.3) is 49.3 Å². The fourth-order valence-corrected chi connectivity index (χ4v) is 15.9. The van der Waals surface area contributed by atoms with Crippen molar-refractivity contribution >= 4 is 127 Å². The van der Waals surface area contributed by atoms with E-state index in [1.807, 2.05) is 0 Å². The summed E-state index contributed by atoms with van der Waals surface area (Å²) in [4.78, 5) is 153. The van der Waals surface area contributed by atoms with Crippen molar-refractivity contribution in [1.29, 1.82) is 0 Å². The largest absolute Gasteiger partial charge is 0.506 e. The Labute approximate surface area is 609 Å². The van der Waals surface area contributed by atoms with Crippen molar-refractivity contribution in [3.63, 3.8) is 0 Å². The Balaban J connectivity index is 0.00000150. The van der Waals surface area contributed by atoms with Gasteiger partial charge in [-0.25, -0.2) is 44.3 Å². The van der Waals surface area contributed by atoms with Crippen molar-refractivity contribution in [1.82, 2.24) is 66.1 Å². The van der Waals surface area contributed by atoms with Gasteiger partial charge in [-0.2, -0.15) is 17.9 Å². The predicted molar refractivity (Wildman–Crippen MR) is 364 cm³/mol. The second kappa shape index (κ2) is 30.4. The first-order valence-corrected chi connectivity index (χ1v) is 35.3. The second-order valence-electron chi connectivity index (χ2n) is 24.1. The van der Waals surface area contributed by atoms with Crippen molar-refractivity contribution in [3.8, 4) is 38.4 Å². The van der Waals surface area contributed by atoms with E-state index < -0.39 is 157 Å². The van der Waals surface area contributed by atoms with Gasteiger partial charge >= 0.3 is 24.1 Å². The Morgan fingerprint density at radius 2 is 1.49 bits per heavy atom. The first-order valence-electron chi connectivity index (χ1n) is 30.9. The van der Waals surface area contributed by atoms with Gasteiger partial charge in [0.2, 0.25) is 5.91 Å². The minimum Gasteiger partial charge on any atom is -0.506 e. The number of carboxylic acid groups (broad SMARTS) is 1. The minimum atomic E-state index is -5.08. The van der Waals surface area contributed by atoms with Gasteiger partial charge in [-0.3, -0.25) is 28.8 Å². The van der Waals surface area contributed by atoms with E-state index in [-0.39, 0.29) is 105 Å². The maximum atomic E-state index is 15.2. The molecule has 0 saturated carbocycles. The van der Waals surface area contributed by atoms with Crippen molar-refractivity contribution in [3.05, 3.63) is 124 Å². The Morgan fingerprint density at radius 1 is 0.857 bits per heavy atom. The predicted octanol–water partition coefficient (Wildman–Crippen LogP) is 4.52. The van der Waals surface area contributed by atoms with Gasteiger partial charge in [0, 0.05) is 49.8 Å². The zero-order chi connectivity index (χ0) is 76.0. The summed E-state index contributed by atoms with van der Waals surface area (Å²) in [5.41, 5.74) is 2.00. The number of carbonyl (C=O) groups is 9. The number of nitrogens with one attached hydrogen (secondary N) is 5. The number of ether oxygens (including phenoxy) is 6. The molecule has 7 aromatic heterocycles. The number of hydrogen-bond donors (Lipinski definition) is 11. The molecule has 8 aromatic rings. The molecule has 34 nitrogen and oxygen atoms in total. The van der Waals surface area contributed by atoms with Gasteiger partial charge < -0.3 is 91.3 Å². The summed E-state index contributed by atoms with van der Waals surface area (Å²) in [5, 5.41) is 74.5. The van der Waals surface area contributed by atoms with Crippen LogP contribution >= 0.6 is 56.7 Å². The number of aliphatic hydroxyl groups is 2. The number of esters is 2. The highest BCUT2D eigenvalue weighted by Crippen LogP contribution is 2.43. The quantitative estimate of drug-likeness (QED) is 0.0409. The van der Waals surface area contributed by atoms with Gasteiger partial charge in [-0.15, -0.1) is 56.7 Å². The highest BCUT2D eigenvalue weighted by atomic mass is 32.1. The van der Waals surface area contributed by atoms with Crippen molar-refractivity contribution in [2.45, 2.75) is 114 Å². The van der Waals surface area contributed by atoms with E-state index in [2.05, 4.69) is 48.1 Å². The molecule has 0 aliphatic carbocycles. The normalized spacial score (nSPS) is 23.2. The third-order valence-corrected chi connectivity index (χ3v) is 21.0. The molecule has 1 fully saturated rings. The number of likely N-dealkylation sites (N-methyl/N-ethyl adjacent to an activating group) is 1. The van der Waals surface area contributed by atoms with E-state index in [1.165, 1.54) is 60.0 Å². The Bertz CT molecular complexity index is 4850. The average Bonchev–Trinajstić information content (AvgIpc) is 1.68. The first kappa shape index (κ1) is 75.9. The molecule has 4 aliphatic rings. The van der Waals surface area contributed by atoms with Crippen LogP contribution in [0.3, 0.4) is 0 Å². The van der Waals surface area contributed by atoms with Gasteiger partial charge in [0.25, 0.3) is 29.5 Å². The lowest BCUT2D eigenvalue weighted by Gasteiger charge is -2.48. The number of fused-ring (bicyclic) bond motifs is 15. The number of rotatable bonds is 9. The van der Waals surface area contributed by atoms with Crippen LogP contribution < -0.4 is 32.3 Å². The van der Waals surface area contributed by atoms with Gasteiger partial charge in [0.15, 0.2) is 18.1 Å². The lowest BCUT2D eigenvalue weighted by atomic mass is 9.85. The number of allylic oxidation sites excluding steroid dienone is 1. The Morgan fingerprint density at radius 3 is 2.15 bits per heavy atom. The van der Waals surface area contributed by atoms with Gasteiger partial charge in [-0.05, 0) is 59.5 Å². The summed E-state index contributed by atoms with van der Waals surface area (Å²) in [5.74, 6) is -11.0. The second-order valence-corrected chi connectivity index (χ2v) is 28.5. The minimum absolute atomic E-state index is 0.00915. The third kappa shape index (κ3) is 15.9. The lowest BCUT2D eigenvalue weighted by molar-refractivity contribution is -0.280. The number of aromatic hydroxyl groups is 1. The number of pyridine rings is 1. The summed E-state index contributed by atoms with van der Waals surface area (Å²) in [6.45, 7) is 7.68. The number of benzene rings is 1. The van der Waals surface area contributed by atoms with E-state index >= 15 is 14.4 Å². The molecular formula is C63H61F3N14O20S5. The fourth-order valence-electron chi connectivity index (χ4n) is 11.7. The van der Waals surface area contributed by atoms with E-state index in [0.717, 1.165) is 56.7 Å². The molecular weight excluding hydrogens is 1490 g/mol. The number of thiazole rings is 5. The van der Waals surface area contributed by atoms with Crippen LogP contribution in [0.2, 0.25) is 0 Å². The highest BCUT2D eigenvalue weighted by Gasteiger charge is 2.50. The fraction of sp³-hybridized carbons (Fsp3) is 0.349. The Hall–Kier alpha value is -10.3. The average molecular weight is 1550 g/mol. The number of carboxylic acids is 1. The van der Waals surface area contributed by atoms with Gasteiger partial charge in [0.1, 0.15) is 120 Å². The summed E-state index contributed by atoms with van der Waals surface area (Å²) in [6.07, 6.45) is -12.6. The number of alkyl halides is 3. The molecule has 6 amide bonds. The standard InChI is InChI=1S/C61H60N14O18S5.C2HF3O2/c1-22(48(62)78)63-49(79)31-19-97-57(68-31)42-36(77)12-27-41(70-42)30-17-95-55(65-30)29-16-91-59(84)44-28-15-89-45(46(93-37-13-61(5,86)47(74(6)7)25(4)92-37)60(85)90-14-26-10-9-11-35(38(26)28)75(44)87)43(58-69-32(20-98-58)50(80)64-29)73-52(82)34-21-96-56(67-34)40(24(3)88-8)72-53(83)39(23(2)76)71-51(81)33-18-94-54(27)66-33;3-2(4,5)1(6)7/h9-12,17-21,23,25,29,37,39,43,45-47,76-77,86-87H,1,13-16H2,2-8H3,(H2,62,78)(H,63,79)(H,64,80)(H,71,81)(H,72,83)(H,73,82);(H,6,7)/b40-24+;/t23-,25+,29+,37+,39+,43+,45+,46+,47-,61+;/m1./s1. The van der Waals surface area contributed by atoms with E-state index in [0.29, 0.717) is 10.3 Å². The molecule has 1 saturated heterocycles. The van der Waals surface area contributed by atoms with Crippen LogP contribution in [0.15, 0.2) is 69.2 Å². The van der Waals surface area contributed by atoms with Crippen LogP contribution in [-0.2, 0) is 60.8 Å². The van der Waals surface area contributed by atoms with Crippen molar-refractivity contribution < 1.29 is 110 Å². The van der Waals surface area contributed by atoms with Crippen molar-refractivity contribution in [2.24, 2.45) is 5.73 Å². The molecule has 1 aromatic carbocycles. The number of carbonyl (C=O) groups excluding carboxylic acids is 8. The van der Waals surface area contributed by atoms with Gasteiger partial charge in [0.05, 0.1) is 48.8 Å². The topological polar surface area (TPSA) is 482 Å². The molecule has 554 valence electrons. The summed E-state index contributed by atoms with van der Waals surface area (Å²) in [6, 6.07) is 0.628. The van der Waals surface area contributed by atoms with E-state index in [1.54, 1.807) is 45.0 Å². The number of aliphatic carboxylic acids is 1. The maximum Gasteiger partial charge on any atom is 0.490 e. The molecule has 12 rings (SSSR count). The molecule has 105 heavy (non-hydrogen) atoms. The number of aliphatic hydroxyl groups excluding tert-OH is 1. The third-order valence-electron chi connectivity index (χ3n) is 16.6. The number of cyclic esters (lactones) is 2. The zero-order valence-corrected chi connectivity index (χ0v) is 59.7. The monoisotopic (exact) mass is 1550 g/mol. The number of aromatic nitrogens is 7. The molecule has 0 unspecified atom stereocenters. The lowest BCUT2D eigenvalue weighted by Crippen LogP contribution is -2.62. The number of primary amides is 1. The maximum absolute atomic E-state index is 15.2. The molecule has 12 N–H and O–H groups in total. The number of amides is 6. The number of methoxy groups -OCH3 is 1. The summed E-state index contributed by atoms with van der Waals surface area (Å²) in [7, 11) is 4.83. The zero-order valence-electron chi connectivity index (χ0n) is 55.6. The molecule has 0 radical (unpaired) electrons. The Kier molecular flexibility index (Phi) is 22.0. The molecule has 42 heteroatoms. The molecule has 12 bridgehead atoms. The van der Waals surface area contributed by atoms with E-state index in [9.17, 15) is 57.7 Å². The van der Waals surface area contributed by atoms with Crippen LogP contribution in [-0.4, -0.2) is 201 Å². The van der Waals surface area contributed by atoms with Crippen molar-refractivity contribution in [2.75, 3.05) is 27.8 Å². The molecule has 4 aliphatic heterocycles. The van der Waals surface area contributed by atoms with Crippen LogP contribution in [0, 0.1) is 0 Å². The summed E-state index contributed by atoms with van der Waals surface area (Å²) < 4.78 is 69.9. The number of halogens is 3. The van der Waals surface area contributed by atoms with Gasteiger partial charge in [-0.1, -0.05) is 18.7 Å². The van der Waals surface area contributed by atoms with E-state index in [4.69, 9.17) is 59.0 Å². The number of nitrogens with zero attached hydrogens (tertiary/aromatic N) is 8. The highest BCUT2D eigenvalue weighted by molar-refractivity contribution is 7.14. The van der Waals surface area contributed by atoms with Crippen LogP contribution in [0.4, 0.5) is 13.2 Å². The van der Waals surface area contributed by atoms with Crippen LogP contribution in [0.1, 0.15) is 125 Å². The molecule has 11 heterocycles. The number of nitrogens with two attached hydrogens (primary N) is 1. The van der Waals surface area contributed by atoms with Crippen LogP contribution in [0.5, 0.6) is 5.75 Å². The summed E-state index contributed by atoms with van der Waals surface area (Å²) >= 11 is 4.46. The molecule has 0 spiro atoms. The smallest absolute Gasteiger partial charge is 0.490 e. The molecule has 10 atom stereocenters.